The normalized spacial score (nSPS) is 12.9. The quantitative estimate of drug-likeness (QED) is 0.301. The van der Waals surface area contributed by atoms with E-state index in [1.165, 1.54) is 0 Å². The SMILES string of the molecule is COc1cccc(CNC[C@H](O)[C@H](Cc2ccccc2)NC(=O)c2ccc3[nH]ccc3c2)c1. The molecule has 4 aromatic rings. The fraction of sp³-hybridized carbons (Fsp3) is 0.222. The standard InChI is InChI=1S/C27H29N3O3/c1-33-23-9-5-8-20(14-23)17-28-18-26(31)25(15-19-6-3-2-4-7-19)30-27(32)22-10-11-24-21(16-22)12-13-29-24/h2-14,16,25-26,28-29,31H,15,17-18H2,1H3,(H,30,32)/t25-,26-/m0/s1. The number of fused-ring (bicyclic) bond motifs is 1. The van der Waals surface area contributed by atoms with Crippen LogP contribution in [-0.4, -0.2) is 41.8 Å². The molecule has 0 spiro atoms. The number of carbonyl (C=O) groups is 1. The third kappa shape index (κ3) is 6.00. The molecule has 0 bridgehead atoms. The average molecular weight is 444 g/mol. The maximum absolute atomic E-state index is 13.0. The summed E-state index contributed by atoms with van der Waals surface area (Å²) in [4.78, 5) is 16.1. The zero-order valence-electron chi connectivity index (χ0n) is 18.6. The van der Waals surface area contributed by atoms with Crippen LogP contribution in [0.4, 0.5) is 0 Å². The van der Waals surface area contributed by atoms with Crippen LogP contribution in [0.1, 0.15) is 21.5 Å². The summed E-state index contributed by atoms with van der Waals surface area (Å²) in [5, 5.41) is 18.3. The van der Waals surface area contributed by atoms with Crippen LogP contribution < -0.4 is 15.4 Å². The minimum absolute atomic E-state index is 0.203. The molecule has 1 heterocycles. The summed E-state index contributed by atoms with van der Waals surface area (Å²) in [6, 6.07) is 24.7. The number of hydrogen-bond donors (Lipinski definition) is 4. The Balaban J connectivity index is 1.43. The Kier molecular flexibility index (Phi) is 7.40. The van der Waals surface area contributed by atoms with E-state index >= 15 is 0 Å². The molecule has 0 aliphatic rings. The number of nitrogens with one attached hydrogen (secondary N) is 3. The van der Waals surface area contributed by atoms with E-state index in [-0.39, 0.29) is 5.91 Å². The molecule has 33 heavy (non-hydrogen) atoms. The highest BCUT2D eigenvalue weighted by atomic mass is 16.5. The molecule has 0 saturated heterocycles. The van der Waals surface area contributed by atoms with E-state index in [0.717, 1.165) is 27.8 Å². The second kappa shape index (κ2) is 10.8. The van der Waals surface area contributed by atoms with E-state index in [2.05, 4.69) is 15.6 Å². The summed E-state index contributed by atoms with van der Waals surface area (Å²) in [7, 11) is 1.64. The van der Waals surface area contributed by atoms with Gasteiger partial charge in [0, 0.05) is 35.8 Å². The second-order valence-corrected chi connectivity index (χ2v) is 8.10. The number of carbonyl (C=O) groups excluding carboxylic acids is 1. The van der Waals surface area contributed by atoms with Gasteiger partial charge in [-0.05, 0) is 53.9 Å². The van der Waals surface area contributed by atoms with E-state index in [1.54, 1.807) is 13.2 Å². The highest BCUT2D eigenvalue weighted by Gasteiger charge is 2.22. The predicted octanol–water partition coefficient (Wildman–Crippen LogP) is 3.67. The number of aliphatic hydroxyl groups is 1. The molecule has 4 N–H and O–H groups in total. The first-order valence-electron chi connectivity index (χ1n) is 11.1. The third-order valence-electron chi connectivity index (χ3n) is 5.71. The lowest BCUT2D eigenvalue weighted by Crippen LogP contribution is -2.48. The summed E-state index contributed by atoms with van der Waals surface area (Å²) in [5.74, 6) is 0.592. The Hall–Kier alpha value is -3.61. The van der Waals surface area contributed by atoms with Crippen LogP contribution in [0.25, 0.3) is 10.9 Å². The van der Waals surface area contributed by atoms with Crippen molar-refractivity contribution in [3.05, 3.63) is 102 Å². The molecule has 0 radical (unpaired) electrons. The minimum Gasteiger partial charge on any atom is -0.497 e. The highest BCUT2D eigenvalue weighted by molar-refractivity contribution is 5.98. The maximum atomic E-state index is 13.0. The van der Waals surface area contributed by atoms with E-state index in [9.17, 15) is 9.90 Å². The molecule has 3 aromatic carbocycles. The summed E-state index contributed by atoms with van der Waals surface area (Å²) in [6.45, 7) is 0.927. The fourth-order valence-electron chi connectivity index (χ4n) is 3.89. The number of amides is 1. The van der Waals surface area contributed by atoms with Gasteiger partial charge in [-0.1, -0.05) is 42.5 Å². The van der Waals surface area contributed by atoms with Crippen molar-refractivity contribution in [2.24, 2.45) is 0 Å². The topological polar surface area (TPSA) is 86.4 Å². The van der Waals surface area contributed by atoms with Gasteiger partial charge < -0.3 is 25.5 Å². The van der Waals surface area contributed by atoms with Gasteiger partial charge in [-0.25, -0.2) is 0 Å². The number of methoxy groups -OCH3 is 1. The minimum atomic E-state index is -0.768. The van der Waals surface area contributed by atoms with E-state index in [0.29, 0.717) is 25.1 Å². The van der Waals surface area contributed by atoms with Crippen LogP contribution >= 0.6 is 0 Å². The van der Waals surface area contributed by atoms with Crippen LogP contribution in [0.15, 0.2) is 85.1 Å². The second-order valence-electron chi connectivity index (χ2n) is 8.10. The molecule has 0 aliphatic carbocycles. The van der Waals surface area contributed by atoms with Gasteiger partial charge in [0.05, 0.1) is 19.3 Å². The first-order chi connectivity index (χ1) is 16.1. The molecule has 6 heteroatoms. The van der Waals surface area contributed by atoms with Gasteiger partial charge in [-0.2, -0.15) is 0 Å². The molecular weight excluding hydrogens is 414 g/mol. The molecule has 1 amide bonds. The number of aromatic amines is 1. The van der Waals surface area contributed by atoms with Crippen LogP contribution in [0, 0.1) is 0 Å². The molecule has 0 unspecified atom stereocenters. The Labute approximate surface area is 193 Å². The predicted molar refractivity (Wildman–Crippen MR) is 130 cm³/mol. The zero-order valence-corrected chi connectivity index (χ0v) is 18.6. The highest BCUT2D eigenvalue weighted by Crippen LogP contribution is 2.16. The number of hydrogen-bond acceptors (Lipinski definition) is 4. The van der Waals surface area contributed by atoms with Gasteiger partial charge in [0.15, 0.2) is 0 Å². The van der Waals surface area contributed by atoms with Crippen LogP contribution in [-0.2, 0) is 13.0 Å². The summed E-state index contributed by atoms with van der Waals surface area (Å²) in [5.41, 5.74) is 3.66. The first-order valence-corrected chi connectivity index (χ1v) is 11.1. The lowest BCUT2D eigenvalue weighted by atomic mass is 10.00. The third-order valence-corrected chi connectivity index (χ3v) is 5.71. The number of aromatic nitrogens is 1. The van der Waals surface area contributed by atoms with E-state index in [4.69, 9.17) is 4.74 Å². The van der Waals surface area contributed by atoms with Gasteiger partial charge in [0.2, 0.25) is 0 Å². The monoisotopic (exact) mass is 443 g/mol. The fourth-order valence-corrected chi connectivity index (χ4v) is 3.89. The molecule has 0 saturated carbocycles. The van der Waals surface area contributed by atoms with E-state index in [1.807, 2.05) is 79.0 Å². The van der Waals surface area contributed by atoms with Crippen molar-refractivity contribution < 1.29 is 14.6 Å². The van der Waals surface area contributed by atoms with Crippen molar-refractivity contribution >= 4 is 16.8 Å². The number of H-pyrrole nitrogens is 1. The molecule has 2 atom stereocenters. The number of rotatable bonds is 10. The van der Waals surface area contributed by atoms with E-state index < -0.39 is 12.1 Å². The molecule has 0 fully saturated rings. The molecule has 0 aliphatic heterocycles. The lowest BCUT2D eigenvalue weighted by Gasteiger charge is -2.25. The summed E-state index contributed by atoms with van der Waals surface area (Å²) < 4.78 is 5.27. The molecule has 4 rings (SSSR count). The first kappa shape index (κ1) is 22.6. The lowest BCUT2D eigenvalue weighted by molar-refractivity contribution is 0.0830. The van der Waals surface area contributed by atoms with Crippen molar-refractivity contribution in [2.45, 2.75) is 25.1 Å². The smallest absolute Gasteiger partial charge is 0.251 e. The van der Waals surface area contributed by atoms with Crippen molar-refractivity contribution in [1.82, 2.24) is 15.6 Å². The summed E-state index contributed by atoms with van der Waals surface area (Å²) in [6.07, 6.45) is 1.61. The molecule has 170 valence electrons. The number of aliphatic hydroxyl groups excluding tert-OH is 1. The van der Waals surface area contributed by atoms with Gasteiger partial charge in [0.25, 0.3) is 5.91 Å². The summed E-state index contributed by atoms with van der Waals surface area (Å²) >= 11 is 0. The number of ether oxygens (including phenoxy) is 1. The number of benzene rings is 3. The van der Waals surface area contributed by atoms with Crippen LogP contribution in [0.2, 0.25) is 0 Å². The van der Waals surface area contributed by atoms with Crippen LogP contribution in [0.5, 0.6) is 5.75 Å². The Morgan fingerprint density at radius 1 is 1.00 bits per heavy atom. The van der Waals surface area contributed by atoms with Crippen LogP contribution in [0.3, 0.4) is 0 Å². The Bertz CT molecular complexity index is 1190. The van der Waals surface area contributed by atoms with Crippen molar-refractivity contribution in [2.75, 3.05) is 13.7 Å². The van der Waals surface area contributed by atoms with Gasteiger partial charge >= 0.3 is 0 Å². The Morgan fingerprint density at radius 2 is 1.82 bits per heavy atom. The maximum Gasteiger partial charge on any atom is 0.251 e. The average Bonchev–Trinajstić information content (AvgIpc) is 3.32. The van der Waals surface area contributed by atoms with Crippen molar-refractivity contribution in [3.63, 3.8) is 0 Å². The molecule has 6 nitrogen and oxygen atoms in total. The van der Waals surface area contributed by atoms with Crippen molar-refractivity contribution in [1.29, 1.82) is 0 Å². The van der Waals surface area contributed by atoms with Gasteiger partial charge in [-0.15, -0.1) is 0 Å². The van der Waals surface area contributed by atoms with Crippen molar-refractivity contribution in [3.8, 4) is 5.75 Å². The zero-order chi connectivity index (χ0) is 23.0. The van der Waals surface area contributed by atoms with Gasteiger partial charge in [0.1, 0.15) is 5.75 Å². The molecule has 1 aromatic heterocycles. The molecular formula is C27H29N3O3. The largest absolute Gasteiger partial charge is 0.497 e. The van der Waals surface area contributed by atoms with Gasteiger partial charge in [-0.3, -0.25) is 4.79 Å². The Morgan fingerprint density at radius 3 is 2.64 bits per heavy atom.